The number of hydrogen-bond acceptors (Lipinski definition) is 6. The average Bonchev–Trinajstić information content (AvgIpc) is 3.02. The van der Waals surface area contributed by atoms with E-state index in [1.54, 1.807) is 29.2 Å². The predicted molar refractivity (Wildman–Crippen MR) is 160 cm³/mol. The molecule has 43 heavy (non-hydrogen) atoms. The Hall–Kier alpha value is -4.37. The Bertz CT molecular complexity index is 1370. The van der Waals surface area contributed by atoms with Gasteiger partial charge >= 0.3 is 6.09 Å². The van der Waals surface area contributed by atoms with Gasteiger partial charge in [-0.3, -0.25) is 14.4 Å². The van der Waals surface area contributed by atoms with Crippen LogP contribution < -0.4 is 0 Å². The minimum atomic E-state index is -1.01. The highest BCUT2D eigenvalue weighted by atomic mass is 16.7. The van der Waals surface area contributed by atoms with Crippen LogP contribution in [-0.2, 0) is 38.5 Å². The number of benzene rings is 3. The van der Waals surface area contributed by atoms with E-state index in [-0.39, 0.29) is 43.6 Å². The minimum absolute atomic E-state index is 0.0779. The van der Waals surface area contributed by atoms with Crippen molar-refractivity contribution in [3.63, 3.8) is 0 Å². The number of phenolic OH excluding ortho intramolecular Hbond substituents is 1. The van der Waals surface area contributed by atoms with E-state index < -0.39 is 24.4 Å². The van der Waals surface area contributed by atoms with Crippen molar-refractivity contribution in [2.45, 2.75) is 70.3 Å². The van der Waals surface area contributed by atoms with Gasteiger partial charge in [0.2, 0.25) is 5.91 Å². The lowest BCUT2D eigenvalue weighted by atomic mass is 9.97. The lowest BCUT2D eigenvalue weighted by Gasteiger charge is -2.52. The number of rotatable bonds is 11. The van der Waals surface area contributed by atoms with Gasteiger partial charge in [0.05, 0.1) is 13.2 Å². The molecule has 2 aliphatic heterocycles. The van der Waals surface area contributed by atoms with E-state index in [0.29, 0.717) is 6.54 Å². The topological polar surface area (TPSA) is 99.6 Å². The number of phenols is 1. The van der Waals surface area contributed by atoms with Crippen molar-refractivity contribution in [2.24, 2.45) is 0 Å². The average molecular weight is 586 g/mol. The van der Waals surface area contributed by atoms with Gasteiger partial charge in [-0.2, -0.15) is 5.06 Å². The molecule has 3 aromatic carbocycles. The molecule has 226 valence electrons. The van der Waals surface area contributed by atoms with Gasteiger partial charge in [-0.25, -0.2) is 4.79 Å². The van der Waals surface area contributed by atoms with E-state index in [4.69, 9.17) is 9.57 Å². The number of fused-ring (bicyclic) bond motifs is 1. The molecule has 2 aliphatic rings. The fourth-order valence-electron chi connectivity index (χ4n) is 5.68. The minimum Gasteiger partial charge on any atom is -0.508 e. The van der Waals surface area contributed by atoms with Crippen LogP contribution in [-0.4, -0.2) is 69.3 Å². The predicted octanol–water partition coefficient (Wildman–Crippen LogP) is 5.08. The smallest absolute Gasteiger partial charge is 0.436 e. The number of unbranched alkanes of at least 4 members (excludes halogenated alkanes) is 3. The van der Waals surface area contributed by atoms with Crippen molar-refractivity contribution in [2.75, 3.05) is 13.2 Å². The third-order valence-corrected chi connectivity index (χ3v) is 7.93. The lowest BCUT2D eigenvalue weighted by molar-refractivity contribution is -0.266. The van der Waals surface area contributed by atoms with Crippen molar-refractivity contribution in [1.82, 2.24) is 14.9 Å². The van der Waals surface area contributed by atoms with Gasteiger partial charge in [0.25, 0.3) is 5.91 Å². The number of piperazine rings is 1. The number of aromatic hydroxyl groups is 1. The zero-order valence-electron chi connectivity index (χ0n) is 24.5. The van der Waals surface area contributed by atoms with Crippen LogP contribution in [0.15, 0.2) is 84.9 Å². The van der Waals surface area contributed by atoms with Crippen molar-refractivity contribution < 1.29 is 29.1 Å². The van der Waals surface area contributed by atoms with Crippen LogP contribution in [0.1, 0.15) is 49.3 Å². The fourth-order valence-corrected chi connectivity index (χ4v) is 5.68. The largest absolute Gasteiger partial charge is 0.508 e. The molecule has 0 spiro atoms. The number of hydrogen-bond donors (Lipinski definition) is 1. The van der Waals surface area contributed by atoms with Gasteiger partial charge in [0, 0.05) is 19.4 Å². The standard InChI is InChI=1S/C34H39N3O6/c1-2-3-4-11-20-42-34(41)37-31-24-35(23-27-14-9-6-10-15-27)32(39)29(21-26-16-18-28(38)19-17-26)36(31)33(40)30(43-37)22-25-12-7-5-8-13-25/h5-10,12-19,29-31,38H,2-4,11,20-24H2,1H3/t29-,30-,31?/m0/s1. The highest BCUT2D eigenvalue weighted by Gasteiger charge is 2.53. The number of carbonyl (C=O) groups excluding carboxylic acids is 3. The van der Waals surface area contributed by atoms with Gasteiger partial charge < -0.3 is 19.6 Å². The van der Waals surface area contributed by atoms with E-state index in [1.165, 1.54) is 9.96 Å². The number of nitrogens with zero attached hydrogens (tertiary/aromatic N) is 3. The molecule has 1 N–H and O–H groups in total. The summed E-state index contributed by atoms with van der Waals surface area (Å²) < 4.78 is 5.65. The first-order valence-electron chi connectivity index (χ1n) is 15.0. The fraction of sp³-hybridized carbons (Fsp3) is 0.382. The summed E-state index contributed by atoms with van der Waals surface area (Å²) >= 11 is 0. The number of ether oxygens (including phenoxy) is 1. The summed E-state index contributed by atoms with van der Waals surface area (Å²) in [4.78, 5) is 51.2. The molecule has 2 fully saturated rings. The van der Waals surface area contributed by atoms with E-state index >= 15 is 0 Å². The van der Waals surface area contributed by atoms with Crippen molar-refractivity contribution in [1.29, 1.82) is 0 Å². The van der Waals surface area contributed by atoms with Crippen LogP contribution in [0.25, 0.3) is 0 Å². The second-order valence-corrected chi connectivity index (χ2v) is 11.1. The molecule has 3 amide bonds. The molecule has 3 atom stereocenters. The van der Waals surface area contributed by atoms with Gasteiger partial charge in [0.1, 0.15) is 11.8 Å². The second-order valence-electron chi connectivity index (χ2n) is 11.1. The molecule has 0 radical (unpaired) electrons. The summed E-state index contributed by atoms with van der Waals surface area (Å²) in [5.41, 5.74) is 2.58. The highest BCUT2D eigenvalue weighted by Crippen LogP contribution is 2.31. The maximum Gasteiger partial charge on any atom is 0.436 e. The summed E-state index contributed by atoms with van der Waals surface area (Å²) in [6.45, 7) is 2.75. The van der Waals surface area contributed by atoms with E-state index in [0.717, 1.165) is 42.4 Å². The van der Waals surface area contributed by atoms with Crippen molar-refractivity contribution >= 4 is 17.9 Å². The van der Waals surface area contributed by atoms with Crippen LogP contribution in [0, 0.1) is 0 Å². The Kier molecular flexibility index (Phi) is 9.94. The molecule has 9 nitrogen and oxygen atoms in total. The Morgan fingerprint density at radius 1 is 0.837 bits per heavy atom. The van der Waals surface area contributed by atoms with Gasteiger partial charge in [-0.1, -0.05) is 99.0 Å². The normalized spacial score (nSPS) is 20.2. The molecular weight excluding hydrogens is 546 g/mol. The molecule has 9 heteroatoms. The van der Waals surface area contributed by atoms with E-state index in [1.807, 2.05) is 60.7 Å². The van der Waals surface area contributed by atoms with Gasteiger partial charge in [-0.15, -0.1) is 0 Å². The maximum absolute atomic E-state index is 14.1. The Morgan fingerprint density at radius 3 is 2.16 bits per heavy atom. The van der Waals surface area contributed by atoms with Crippen LogP contribution in [0.3, 0.4) is 0 Å². The van der Waals surface area contributed by atoms with Crippen molar-refractivity contribution in [3.05, 3.63) is 102 Å². The molecule has 0 bridgehead atoms. The Labute approximate surface area is 252 Å². The summed E-state index contributed by atoms with van der Waals surface area (Å²) in [5.74, 6) is -0.451. The number of amides is 3. The number of carbonyl (C=O) groups is 3. The second kappa shape index (κ2) is 14.2. The third kappa shape index (κ3) is 7.35. The Balaban J connectivity index is 1.47. The molecule has 1 unspecified atom stereocenters. The van der Waals surface area contributed by atoms with Gasteiger partial charge in [0.15, 0.2) is 12.3 Å². The lowest BCUT2D eigenvalue weighted by Crippen LogP contribution is -2.73. The molecule has 0 aromatic heterocycles. The zero-order chi connectivity index (χ0) is 30.2. The molecule has 2 heterocycles. The van der Waals surface area contributed by atoms with E-state index in [9.17, 15) is 19.5 Å². The van der Waals surface area contributed by atoms with E-state index in [2.05, 4.69) is 6.92 Å². The number of hydroxylamine groups is 2. The highest BCUT2D eigenvalue weighted by molar-refractivity contribution is 5.92. The molecule has 0 aliphatic carbocycles. The summed E-state index contributed by atoms with van der Waals surface area (Å²) in [5, 5.41) is 11.0. The first-order valence-corrected chi connectivity index (χ1v) is 15.0. The third-order valence-electron chi connectivity index (χ3n) is 7.93. The monoisotopic (exact) mass is 585 g/mol. The maximum atomic E-state index is 14.1. The summed E-state index contributed by atoms with van der Waals surface area (Å²) in [7, 11) is 0. The molecule has 3 aromatic rings. The van der Waals surface area contributed by atoms with Crippen LogP contribution >= 0.6 is 0 Å². The molecule has 2 saturated heterocycles. The summed E-state index contributed by atoms with van der Waals surface area (Å²) in [6, 6.07) is 24.8. The van der Waals surface area contributed by atoms with Crippen molar-refractivity contribution in [3.8, 4) is 5.75 Å². The van der Waals surface area contributed by atoms with Crippen LogP contribution in [0.5, 0.6) is 5.75 Å². The molecule has 5 rings (SSSR count). The Morgan fingerprint density at radius 2 is 1.49 bits per heavy atom. The summed E-state index contributed by atoms with van der Waals surface area (Å²) in [6.07, 6.45) is 1.69. The molecular formula is C34H39N3O6. The zero-order valence-corrected chi connectivity index (χ0v) is 24.5. The van der Waals surface area contributed by atoms with Crippen LogP contribution in [0.2, 0.25) is 0 Å². The SMILES string of the molecule is CCCCCCOC(=O)N1O[C@@H](Cc2ccccc2)C(=O)N2C1CN(Cc1ccccc1)C(=O)[C@@H]2Cc1ccc(O)cc1. The van der Waals surface area contributed by atoms with Crippen LogP contribution in [0.4, 0.5) is 4.79 Å². The first kappa shape index (κ1) is 30.1. The first-order chi connectivity index (χ1) is 20.9. The quantitative estimate of drug-likeness (QED) is 0.315. The van der Waals surface area contributed by atoms with Gasteiger partial charge in [-0.05, 0) is 35.2 Å². The molecule has 0 saturated carbocycles.